The molecule has 1 heterocycles. The van der Waals surface area contributed by atoms with Crippen LogP contribution in [0.25, 0.3) is 0 Å². The molecular formula is C13H19BFNO3. The Bertz CT molecular complexity index is 434. The molecule has 6 heteroatoms. The summed E-state index contributed by atoms with van der Waals surface area (Å²) in [6.45, 7) is 6.06. The van der Waals surface area contributed by atoms with Gasteiger partial charge in [-0.3, -0.25) is 4.90 Å². The van der Waals surface area contributed by atoms with E-state index in [4.69, 9.17) is 14.8 Å². The second kappa shape index (κ2) is 6.01. The fraction of sp³-hybridized carbons (Fsp3) is 0.538. The molecule has 0 aromatic heterocycles. The van der Waals surface area contributed by atoms with E-state index in [0.717, 1.165) is 13.1 Å². The number of morpholine rings is 1. The largest absolute Gasteiger partial charge is 0.488 e. The van der Waals surface area contributed by atoms with E-state index in [2.05, 4.69) is 4.90 Å². The van der Waals surface area contributed by atoms with Crippen molar-refractivity contribution in [1.29, 1.82) is 0 Å². The fourth-order valence-corrected chi connectivity index (χ4v) is 2.51. The van der Waals surface area contributed by atoms with Crippen LogP contribution in [0.5, 0.6) is 0 Å². The average molecular weight is 267 g/mol. The average Bonchev–Trinajstić information content (AvgIpc) is 2.30. The third-order valence-electron chi connectivity index (χ3n) is 3.26. The summed E-state index contributed by atoms with van der Waals surface area (Å²) in [5.41, 5.74) is 0.732. The standard InChI is InChI=1S/C13H19BFNO3/c1-9-6-16(7-10(2)19-9)8-11-3-4-12(14(17)18)5-13(11)15/h3-5,9-10,17-18H,6-8H2,1-2H3/t9-,10+. The van der Waals surface area contributed by atoms with E-state index < -0.39 is 12.9 Å². The zero-order valence-electron chi connectivity index (χ0n) is 11.2. The van der Waals surface area contributed by atoms with E-state index in [-0.39, 0.29) is 17.7 Å². The first-order chi connectivity index (χ1) is 8.95. The van der Waals surface area contributed by atoms with Gasteiger partial charge in [-0.2, -0.15) is 0 Å². The van der Waals surface area contributed by atoms with Crippen molar-refractivity contribution in [3.8, 4) is 0 Å². The van der Waals surface area contributed by atoms with Crippen LogP contribution in [0.3, 0.4) is 0 Å². The molecule has 0 aliphatic carbocycles. The summed E-state index contributed by atoms with van der Waals surface area (Å²) in [5.74, 6) is -0.405. The lowest BCUT2D eigenvalue weighted by Crippen LogP contribution is -2.45. The van der Waals surface area contributed by atoms with Gasteiger partial charge in [0.25, 0.3) is 0 Å². The molecule has 1 aromatic carbocycles. The molecule has 1 saturated heterocycles. The third-order valence-corrected chi connectivity index (χ3v) is 3.26. The van der Waals surface area contributed by atoms with E-state index >= 15 is 0 Å². The topological polar surface area (TPSA) is 52.9 Å². The second-order valence-electron chi connectivity index (χ2n) is 5.18. The maximum absolute atomic E-state index is 13.9. The maximum atomic E-state index is 13.9. The van der Waals surface area contributed by atoms with Gasteiger partial charge in [-0.05, 0) is 25.4 Å². The highest BCUT2D eigenvalue weighted by Gasteiger charge is 2.23. The van der Waals surface area contributed by atoms with Gasteiger partial charge >= 0.3 is 7.12 Å². The Morgan fingerprint density at radius 1 is 1.32 bits per heavy atom. The monoisotopic (exact) mass is 267 g/mol. The molecule has 0 unspecified atom stereocenters. The lowest BCUT2D eigenvalue weighted by atomic mass is 9.80. The highest BCUT2D eigenvalue weighted by atomic mass is 19.1. The molecule has 0 amide bonds. The van der Waals surface area contributed by atoms with Crippen molar-refractivity contribution in [2.45, 2.75) is 32.6 Å². The van der Waals surface area contributed by atoms with Gasteiger partial charge < -0.3 is 14.8 Å². The third kappa shape index (κ3) is 3.76. The molecule has 1 aliphatic rings. The van der Waals surface area contributed by atoms with Crippen molar-refractivity contribution in [2.75, 3.05) is 13.1 Å². The normalized spacial score (nSPS) is 24.5. The van der Waals surface area contributed by atoms with Crippen molar-refractivity contribution in [3.05, 3.63) is 29.6 Å². The summed E-state index contributed by atoms with van der Waals surface area (Å²) in [5, 5.41) is 18.0. The summed E-state index contributed by atoms with van der Waals surface area (Å²) in [4.78, 5) is 2.15. The number of nitrogens with zero attached hydrogens (tertiary/aromatic N) is 1. The Hall–Kier alpha value is -0.945. The number of ether oxygens (including phenoxy) is 1. The van der Waals surface area contributed by atoms with Gasteiger partial charge in [0.1, 0.15) is 5.82 Å². The molecular weight excluding hydrogens is 248 g/mol. The van der Waals surface area contributed by atoms with Gasteiger partial charge in [-0.1, -0.05) is 12.1 Å². The predicted molar refractivity (Wildman–Crippen MR) is 71.5 cm³/mol. The van der Waals surface area contributed by atoms with E-state index in [0.29, 0.717) is 12.1 Å². The van der Waals surface area contributed by atoms with Gasteiger partial charge in [0.2, 0.25) is 0 Å². The smallest absolute Gasteiger partial charge is 0.423 e. The lowest BCUT2D eigenvalue weighted by Gasteiger charge is -2.35. The quantitative estimate of drug-likeness (QED) is 0.763. The predicted octanol–water partition coefficient (Wildman–Crippen LogP) is 0.115. The van der Waals surface area contributed by atoms with Gasteiger partial charge in [0.15, 0.2) is 0 Å². The van der Waals surface area contributed by atoms with Crippen LogP contribution in [0.2, 0.25) is 0 Å². The zero-order valence-corrected chi connectivity index (χ0v) is 11.2. The number of benzene rings is 1. The summed E-state index contributed by atoms with van der Waals surface area (Å²) >= 11 is 0. The van der Waals surface area contributed by atoms with Gasteiger partial charge in [0.05, 0.1) is 12.2 Å². The summed E-state index contributed by atoms with van der Waals surface area (Å²) in [6.07, 6.45) is 0.288. The molecule has 0 saturated carbocycles. The lowest BCUT2D eigenvalue weighted by molar-refractivity contribution is -0.0707. The zero-order chi connectivity index (χ0) is 14.0. The minimum Gasteiger partial charge on any atom is -0.423 e. The molecule has 2 rings (SSSR count). The first-order valence-electron chi connectivity index (χ1n) is 6.48. The number of halogens is 1. The van der Waals surface area contributed by atoms with Crippen LogP contribution in [-0.2, 0) is 11.3 Å². The van der Waals surface area contributed by atoms with Crippen molar-refractivity contribution in [3.63, 3.8) is 0 Å². The number of rotatable bonds is 3. The van der Waals surface area contributed by atoms with Gasteiger partial charge in [-0.25, -0.2) is 4.39 Å². The molecule has 2 atom stereocenters. The number of hydrogen-bond acceptors (Lipinski definition) is 4. The Morgan fingerprint density at radius 3 is 2.47 bits per heavy atom. The van der Waals surface area contributed by atoms with Crippen molar-refractivity contribution >= 4 is 12.6 Å². The summed E-state index contributed by atoms with van der Waals surface area (Å²) in [7, 11) is -1.63. The minimum atomic E-state index is -1.63. The number of hydrogen-bond donors (Lipinski definition) is 2. The van der Waals surface area contributed by atoms with Crippen molar-refractivity contribution in [2.24, 2.45) is 0 Å². The van der Waals surface area contributed by atoms with Gasteiger partial charge in [-0.15, -0.1) is 0 Å². The summed E-state index contributed by atoms with van der Waals surface area (Å²) in [6, 6.07) is 4.32. The first kappa shape index (κ1) is 14.5. The van der Waals surface area contributed by atoms with E-state index in [9.17, 15) is 4.39 Å². The molecule has 4 nitrogen and oxygen atoms in total. The summed E-state index contributed by atoms with van der Waals surface area (Å²) < 4.78 is 19.5. The molecule has 1 fully saturated rings. The molecule has 0 spiro atoms. The highest BCUT2D eigenvalue weighted by molar-refractivity contribution is 6.58. The van der Waals surface area contributed by atoms with Crippen LogP contribution >= 0.6 is 0 Å². The molecule has 104 valence electrons. The van der Waals surface area contributed by atoms with Crippen LogP contribution in [0.4, 0.5) is 4.39 Å². The van der Waals surface area contributed by atoms with Crippen LogP contribution in [0, 0.1) is 5.82 Å². The van der Waals surface area contributed by atoms with Crippen LogP contribution in [0.1, 0.15) is 19.4 Å². The van der Waals surface area contributed by atoms with Crippen molar-refractivity contribution in [1.82, 2.24) is 4.90 Å². The Balaban J connectivity index is 2.06. The molecule has 19 heavy (non-hydrogen) atoms. The Kier molecular flexibility index (Phi) is 4.57. The second-order valence-corrected chi connectivity index (χ2v) is 5.18. The van der Waals surface area contributed by atoms with E-state index in [1.165, 1.54) is 12.1 Å². The van der Waals surface area contributed by atoms with Crippen molar-refractivity contribution < 1.29 is 19.2 Å². The van der Waals surface area contributed by atoms with E-state index in [1.54, 1.807) is 6.07 Å². The Morgan fingerprint density at radius 2 is 1.95 bits per heavy atom. The highest BCUT2D eigenvalue weighted by Crippen LogP contribution is 2.15. The molecule has 2 N–H and O–H groups in total. The van der Waals surface area contributed by atoms with Crippen LogP contribution in [-0.4, -0.2) is 47.4 Å². The molecule has 0 bridgehead atoms. The van der Waals surface area contributed by atoms with E-state index in [1.807, 2.05) is 13.8 Å². The maximum Gasteiger partial charge on any atom is 0.488 e. The van der Waals surface area contributed by atoms with Gasteiger partial charge in [0, 0.05) is 25.2 Å². The Labute approximate surface area is 113 Å². The first-order valence-corrected chi connectivity index (χ1v) is 6.48. The van der Waals surface area contributed by atoms with Crippen LogP contribution in [0.15, 0.2) is 18.2 Å². The SMILES string of the molecule is C[C@@H]1CN(Cc2ccc(B(O)O)cc2F)C[C@H](C)O1. The minimum absolute atomic E-state index is 0.144. The fourth-order valence-electron chi connectivity index (χ4n) is 2.51. The molecule has 1 aliphatic heterocycles. The molecule has 1 aromatic rings. The van der Waals surface area contributed by atoms with Crippen LogP contribution < -0.4 is 5.46 Å². The molecule has 0 radical (unpaired) electrons.